The summed E-state index contributed by atoms with van der Waals surface area (Å²) in [7, 11) is 1.15. The molecular weight excluding hydrogens is 672 g/mol. The number of rotatable bonds is 24. The molecule has 1 aromatic rings. The first-order valence-electron chi connectivity index (χ1n) is 16.5. The van der Waals surface area contributed by atoms with Crippen molar-refractivity contribution in [1.82, 2.24) is 10.6 Å². The van der Waals surface area contributed by atoms with Crippen molar-refractivity contribution >= 4 is 59.7 Å². The number of ether oxygens (including phenoxy) is 2. The first kappa shape index (κ1) is 43.9. The van der Waals surface area contributed by atoms with Gasteiger partial charge in [0, 0.05) is 31.4 Å². The smallest absolute Gasteiger partial charge is 0.307 e. The Morgan fingerprint density at radius 2 is 1.40 bits per heavy atom. The molecule has 4 N–H and O–H groups in total. The van der Waals surface area contributed by atoms with Crippen LogP contribution in [0.15, 0.2) is 30.3 Å². The van der Waals surface area contributed by atoms with Gasteiger partial charge >= 0.3 is 17.9 Å². The zero-order valence-corrected chi connectivity index (χ0v) is 30.1. The molecule has 50 heavy (non-hydrogen) atoms. The Kier molecular flexibility index (Phi) is 19.8. The standard InChI is InChI=1S/C35H50N2O12S/c1-6-20(2)25(17-32(43)49-18-23-10-8-7-9-11-23)33(44)36-27(12-13-31(42)48-5)30(41)16-26(22(4)39)34(45)37-28(14-21(3)38)29(40)15-24(19-50)35(46)47/h7-11,20,22,24-28,39,50H,6,12-19H2,1-5H3,(H,36,44)(H,37,45)(H,46,47)/t20-,22+,24+,25-,26-,27-,28-/m0/s1. The van der Waals surface area contributed by atoms with Gasteiger partial charge in [-0.15, -0.1) is 0 Å². The molecule has 0 spiro atoms. The zero-order valence-electron chi connectivity index (χ0n) is 29.2. The fraction of sp³-hybridized carbons (Fsp3) is 0.600. The number of carbonyl (C=O) groups is 8. The minimum Gasteiger partial charge on any atom is -0.481 e. The molecule has 0 saturated carbocycles. The average Bonchev–Trinajstić information content (AvgIpc) is 3.07. The highest BCUT2D eigenvalue weighted by Crippen LogP contribution is 2.22. The molecule has 0 bridgehead atoms. The lowest BCUT2D eigenvalue weighted by atomic mass is 9.87. The SMILES string of the molecule is CC[C@H](C)[C@H](CC(=O)OCc1ccccc1)C(=O)N[C@@H](CCC(=O)OC)C(=O)C[C@H](C(=O)N[C@@H](CC(C)=O)C(=O)C[C@H](CS)C(=O)O)[C@@H](C)O. The van der Waals surface area contributed by atoms with Gasteiger partial charge in [0.05, 0.1) is 49.5 Å². The molecule has 0 saturated heterocycles. The van der Waals surface area contributed by atoms with Crippen LogP contribution in [0.25, 0.3) is 0 Å². The molecule has 2 amide bonds. The number of aliphatic hydroxyl groups excluding tert-OH is 1. The molecular formula is C35H50N2O12S. The Morgan fingerprint density at radius 1 is 0.820 bits per heavy atom. The summed E-state index contributed by atoms with van der Waals surface area (Å²) >= 11 is 3.94. The third kappa shape index (κ3) is 15.6. The number of carbonyl (C=O) groups excluding carboxylic acids is 7. The number of carboxylic acid groups (broad SMARTS) is 1. The molecule has 278 valence electrons. The van der Waals surface area contributed by atoms with E-state index in [1.807, 2.05) is 13.0 Å². The van der Waals surface area contributed by atoms with Gasteiger partial charge in [-0.2, -0.15) is 12.6 Å². The molecule has 0 fully saturated rings. The van der Waals surface area contributed by atoms with Gasteiger partial charge in [0.2, 0.25) is 11.8 Å². The number of aliphatic carboxylic acids is 1. The van der Waals surface area contributed by atoms with Crippen LogP contribution in [-0.2, 0) is 54.4 Å². The number of nitrogens with one attached hydrogen (secondary N) is 2. The van der Waals surface area contributed by atoms with Crippen molar-refractivity contribution in [3.8, 4) is 0 Å². The Bertz CT molecular complexity index is 1340. The van der Waals surface area contributed by atoms with Crippen LogP contribution in [0.4, 0.5) is 0 Å². The number of hydrogen-bond acceptors (Lipinski definition) is 12. The van der Waals surface area contributed by atoms with Crippen LogP contribution in [0.2, 0.25) is 0 Å². The number of benzene rings is 1. The van der Waals surface area contributed by atoms with Crippen LogP contribution < -0.4 is 10.6 Å². The van der Waals surface area contributed by atoms with E-state index < -0.39 is 102 Å². The summed E-state index contributed by atoms with van der Waals surface area (Å²) in [5.74, 6) is -10.2. The van der Waals surface area contributed by atoms with E-state index in [0.717, 1.165) is 12.7 Å². The van der Waals surface area contributed by atoms with Gasteiger partial charge in [0.25, 0.3) is 0 Å². The number of ketones is 3. The van der Waals surface area contributed by atoms with Crippen LogP contribution in [0, 0.1) is 23.7 Å². The van der Waals surface area contributed by atoms with Crippen molar-refractivity contribution in [2.75, 3.05) is 12.9 Å². The fourth-order valence-corrected chi connectivity index (χ4v) is 5.32. The van der Waals surface area contributed by atoms with Gasteiger partial charge in [0.1, 0.15) is 12.4 Å². The van der Waals surface area contributed by atoms with Crippen LogP contribution in [0.5, 0.6) is 0 Å². The van der Waals surface area contributed by atoms with Gasteiger partial charge in [-0.3, -0.25) is 38.4 Å². The van der Waals surface area contributed by atoms with Gasteiger partial charge in [-0.05, 0) is 31.7 Å². The lowest BCUT2D eigenvalue weighted by Gasteiger charge is -2.27. The zero-order chi connectivity index (χ0) is 38.0. The molecule has 0 aliphatic carbocycles. The predicted molar refractivity (Wildman–Crippen MR) is 184 cm³/mol. The highest BCUT2D eigenvalue weighted by Gasteiger charge is 2.36. The quantitative estimate of drug-likeness (QED) is 0.0767. The van der Waals surface area contributed by atoms with E-state index in [4.69, 9.17) is 4.74 Å². The average molecular weight is 723 g/mol. The van der Waals surface area contributed by atoms with E-state index in [9.17, 15) is 48.6 Å². The molecule has 0 aliphatic heterocycles. The Morgan fingerprint density at radius 3 is 1.92 bits per heavy atom. The van der Waals surface area contributed by atoms with E-state index >= 15 is 0 Å². The molecule has 14 nitrogen and oxygen atoms in total. The number of methoxy groups -OCH3 is 1. The number of aliphatic hydroxyl groups is 1. The van der Waals surface area contributed by atoms with Crippen molar-refractivity contribution in [3.05, 3.63) is 35.9 Å². The molecule has 0 aromatic heterocycles. The maximum atomic E-state index is 13.7. The van der Waals surface area contributed by atoms with Crippen molar-refractivity contribution in [1.29, 1.82) is 0 Å². The van der Waals surface area contributed by atoms with Crippen LogP contribution in [-0.4, -0.2) is 88.3 Å². The van der Waals surface area contributed by atoms with E-state index in [0.29, 0.717) is 6.42 Å². The molecule has 0 unspecified atom stereocenters. The molecule has 1 rings (SSSR count). The second-order valence-electron chi connectivity index (χ2n) is 12.4. The normalized spacial score (nSPS) is 15.2. The summed E-state index contributed by atoms with van der Waals surface area (Å²) < 4.78 is 10.0. The Labute approximate surface area is 297 Å². The van der Waals surface area contributed by atoms with Crippen molar-refractivity contribution in [2.45, 2.75) is 97.4 Å². The maximum Gasteiger partial charge on any atom is 0.307 e. The van der Waals surface area contributed by atoms with Crippen LogP contribution >= 0.6 is 12.6 Å². The van der Waals surface area contributed by atoms with Crippen LogP contribution in [0.1, 0.15) is 78.2 Å². The van der Waals surface area contributed by atoms with Gasteiger partial charge < -0.3 is 30.3 Å². The number of thiol groups is 1. The van der Waals surface area contributed by atoms with Gasteiger partial charge in [-0.1, -0.05) is 50.6 Å². The Hall–Kier alpha value is -4.11. The van der Waals surface area contributed by atoms with Gasteiger partial charge in [-0.25, -0.2) is 0 Å². The van der Waals surface area contributed by atoms with Crippen molar-refractivity contribution < 1.29 is 58.0 Å². The monoisotopic (exact) mass is 722 g/mol. The molecule has 0 heterocycles. The Balaban J connectivity index is 3.20. The third-order valence-electron chi connectivity index (χ3n) is 8.42. The van der Waals surface area contributed by atoms with Crippen molar-refractivity contribution in [3.63, 3.8) is 0 Å². The maximum absolute atomic E-state index is 13.7. The molecule has 1 aromatic carbocycles. The second-order valence-corrected chi connectivity index (χ2v) is 12.8. The topological polar surface area (TPSA) is 220 Å². The molecule has 0 radical (unpaired) electrons. The molecule has 15 heteroatoms. The van der Waals surface area contributed by atoms with Crippen molar-refractivity contribution in [2.24, 2.45) is 23.7 Å². The van der Waals surface area contributed by atoms with E-state index in [1.54, 1.807) is 31.2 Å². The third-order valence-corrected chi connectivity index (χ3v) is 8.86. The molecule has 0 aliphatic rings. The van der Waals surface area contributed by atoms with Crippen LogP contribution in [0.3, 0.4) is 0 Å². The second kappa shape index (κ2) is 22.6. The number of carboxylic acids is 1. The largest absolute Gasteiger partial charge is 0.481 e. The predicted octanol–water partition coefficient (Wildman–Crippen LogP) is 2.23. The highest BCUT2D eigenvalue weighted by molar-refractivity contribution is 7.80. The summed E-state index contributed by atoms with van der Waals surface area (Å²) in [6.45, 7) is 6.02. The number of amides is 2. The van der Waals surface area contributed by atoms with E-state index in [2.05, 4.69) is 28.0 Å². The molecule has 7 atom stereocenters. The minimum absolute atomic E-state index is 0.00571. The first-order chi connectivity index (χ1) is 23.5. The lowest BCUT2D eigenvalue weighted by Crippen LogP contribution is -2.50. The summed E-state index contributed by atoms with van der Waals surface area (Å²) in [5, 5.41) is 24.8. The summed E-state index contributed by atoms with van der Waals surface area (Å²) in [6.07, 6.45) is -3.33. The highest BCUT2D eigenvalue weighted by atomic mass is 32.1. The lowest BCUT2D eigenvalue weighted by molar-refractivity contribution is -0.149. The first-order valence-corrected chi connectivity index (χ1v) is 17.1. The summed E-state index contributed by atoms with van der Waals surface area (Å²) in [4.78, 5) is 102. The minimum atomic E-state index is -1.46. The summed E-state index contributed by atoms with van der Waals surface area (Å²) in [6, 6.07) is 6.21. The van der Waals surface area contributed by atoms with Gasteiger partial charge in [0.15, 0.2) is 11.6 Å². The van der Waals surface area contributed by atoms with E-state index in [1.165, 1.54) is 13.8 Å². The number of Topliss-reactive ketones (excluding diaryl/α,β-unsaturated/α-hetero) is 3. The summed E-state index contributed by atoms with van der Waals surface area (Å²) in [5.41, 5.74) is 0.759. The number of hydrogen-bond donors (Lipinski definition) is 5. The van der Waals surface area contributed by atoms with E-state index in [-0.39, 0.29) is 37.5 Å². The fourth-order valence-electron chi connectivity index (χ4n) is 5.04. The number of esters is 2.